The Morgan fingerprint density at radius 2 is 2.00 bits per heavy atom. The van der Waals surface area contributed by atoms with Crippen molar-refractivity contribution in [3.63, 3.8) is 0 Å². The Morgan fingerprint density at radius 3 is 2.44 bits per heavy atom. The number of carbonyl (C=O) groups is 1. The monoisotopic (exact) mass is 249 g/mol. The quantitative estimate of drug-likeness (QED) is 0.517. The van der Waals surface area contributed by atoms with E-state index in [-0.39, 0.29) is 24.8 Å². The van der Waals surface area contributed by atoms with Crippen LogP contribution in [0.1, 0.15) is 32.1 Å². The van der Waals surface area contributed by atoms with Gasteiger partial charge in [0.1, 0.15) is 0 Å². The maximum absolute atomic E-state index is 10.3. The van der Waals surface area contributed by atoms with Gasteiger partial charge in [0.15, 0.2) is 5.96 Å². The van der Waals surface area contributed by atoms with Gasteiger partial charge in [-0.2, -0.15) is 0 Å². The minimum Gasteiger partial charge on any atom is -0.481 e. The molecule has 1 aliphatic heterocycles. The Kier molecular flexibility index (Phi) is 6.88. The molecule has 16 heavy (non-hydrogen) atoms. The summed E-state index contributed by atoms with van der Waals surface area (Å²) in [5, 5.41) is 15.8. The van der Waals surface area contributed by atoms with E-state index in [1.807, 2.05) is 4.90 Å². The Labute approximate surface area is 102 Å². The number of likely N-dealkylation sites (tertiary alicyclic amines) is 1. The maximum atomic E-state index is 10.3. The first-order valence-electron chi connectivity index (χ1n) is 5.40. The van der Waals surface area contributed by atoms with E-state index in [1.165, 1.54) is 0 Å². The van der Waals surface area contributed by atoms with E-state index in [1.54, 1.807) is 0 Å². The molecule has 0 saturated carbocycles. The molecule has 0 aromatic carbocycles. The maximum Gasteiger partial charge on any atom is 0.303 e. The van der Waals surface area contributed by atoms with Crippen molar-refractivity contribution in [2.45, 2.75) is 32.1 Å². The second-order valence-electron chi connectivity index (χ2n) is 4.10. The van der Waals surface area contributed by atoms with Crippen LogP contribution in [0.2, 0.25) is 0 Å². The number of hydrogen-bond acceptors (Lipinski definition) is 2. The zero-order valence-electron chi connectivity index (χ0n) is 9.32. The van der Waals surface area contributed by atoms with Gasteiger partial charge in [-0.3, -0.25) is 10.2 Å². The molecule has 1 heterocycles. The number of guanidine groups is 1. The SMILES string of the molecule is Cl.N=C(N)N1CCC(CCCC(=O)O)CC1. The van der Waals surface area contributed by atoms with Crippen molar-refractivity contribution in [1.82, 2.24) is 4.90 Å². The van der Waals surface area contributed by atoms with Crippen LogP contribution in [0.5, 0.6) is 0 Å². The average Bonchev–Trinajstić information content (AvgIpc) is 2.18. The second kappa shape index (κ2) is 7.33. The van der Waals surface area contributed by atoms with Crippen LogP contribution in [0, 0.1) is 11.3 Å². The molecule has 1 saturated heterocycles. The van der Waals surface area contributed by atoms with Crippen LogP contribution in [-0.4, -0.2) is 35.0 Å². The molecule has 6 heteroatoms. The lowest BCUT2D eigenvalue weighted by molar-refractivity contribution is -0.137. The number of hydrogen-bond donors (Lipinski definition) is 3. The third-order valence-electron chi connectivity index (χ3n) is 2.96. The largest absolute Gasteiger partial charge is 0.481 e. The minimum absolute atomic E-state index is 0. The summed E-state index contributed by atoms with van der Waals surface area (Å²) < 4.78 is 0. The van der Waals surface area contributed by atoms with Crippen LogP contribution in [-0.2, 0) is 4.79 Å². The zero-order chi connectivity index (χ0) is 11.3. The van der Waals surface area contributed by atoms with Crippen LogP contribution in [0.4, 0.5) is 0 Å². The van der Waals surface area contributed by atoms with E-state index in [4.69, 9.17) is 16.2 Å². The standard InChI is InChI=1S/C10H19N3O2.ClH/c11-10(12)13-6-4-8(5-7-13)2-1-3-9(14)15;/h8H,1-7H2,(H3,11,12)(H,14,15);1H. The molecule has 5 nitrogen and oxygen atoms in total. The van der Waals surface area contributed by atoms with Crippen molar-refractivity contribution in [3.05, 3.63) is 0 Å². The number of rotatable bonds is 4. The summed E-state index contributed by atoms with van der Waals surface area (Å²) in [5.41, 5.74) is 5.38. The lowest BCUT2D eigenvalue weighted by atomic mass is 9.92. The Balaban J connectivity index is 0.00000225. The van der Waals surface area contributed by atoms with Gasteiger partial charge in [0.25, 0.3) is 0 Å². The summed E-state index contributed by atoms with van der Waals surface area (Å²) in [5.74, 6) is 0.0510. The van der Waals surface area contributed by atoms with Crippen molar-refractivity contribution in [3.8, 4) is 0 Å². The predicted molar refractivity (Wildman–Crippen MR) is 64.9 cm³/mol. The van der Waals surface area contributed by atoms with Crippen LogP contribution < -0.4 is 5.73 Å². The molecule has 0 atom stereocenters. The van der Waals surface area contributed by atoms with Gasteiger partial charge in [-0.1, -0.05) is 0 Å². The smallest absolute Gasteiger partial charge is 0.303 e. The Hall–Kier alpha value is -0.970. The van der Waals surface area contributed by atoms with Gasteiger partial charge in [0.05, 0.1) is 0 Å². The molecule has 4 N–H and O–H groups in total. The van der Waals surface area contributed by atoms with Gasteiger partial charge in [-0.05, 0) is 31.6 Å². The summed E-state index contributed by atoms with van der Waals surface area (Å²) in [4.78, 5) is 12.2. The van der Waals surface area contributed by atoms with E-state index in [9.17, 15) is 4.79 Å². The molecule has 0 spiro atoms. The molecule has 1 rings (SSSR count). The predicted octanol–water partition coefficient (Wildman–Crippen LogP) is 1.27. The molecule has 0 aromatic rings. The highest BCUT2D eigenvalue weighted by Crippen LogP contribution is 2.22. The first-order valence-corrected chi connectivity index (χ1v) is 5.40. The van der Waals surface area contributed by atoms with Crippen LogP contribution in [0.15, 0.2) is 0 Å². The number of halogens is 1. The summed E-state index contributed by atoms with van der Waals surface area (Å²) >= 11 is 0. The molecule has 0 aromatic heterocycles. The number of nitrogens with two attached hydrogens (primary N) is 1. The molecule has 94 valence electrons. The van der Waals surface area contributed by atoms with Crippen LogP contribution in [0.25, 0.3) is 0 Å². The topological polar surface area (TPSA) is 90.4 Å². The lowest BCUT2D eigenvalue weighted by Gasteiger charge is -2.32. The van der Waals surface area contributed by atoms with Crippen molar-refractivity contribution < 1.29 is 9.90 Å². The number of carboxylic acid groups (broad SMARTS) is 1. The molecule has 1 fully saturated rings. The fraction of sp³-hybridized carbons (Fsp3) is 0.800. The third-order valence-corrected chi connectivity index (χ3v) is 2.96. The van der Waals surface area contributed by atoms with Crippen molar-refractivity contribution in [2.24, 2.45) is 11.7 Å². The molecular formula is C10H20ClN3O2. The van der Waals surface area contributed by atoms with Crippen molar-refractivity contribution in [1.29, 1.82) is 5.41 Å². The summed E-state index contributed by atoms with van der Waals surface area (Å²) in [7, 11) is 0. The second-order valence-corrected chi connectivity index (χ2v) is 4.10. The molecular weight excluding hydrogens is 230 g/mol. The lowest BCUT2D eigenvalue weighted by Crippen LogP contribution is -2.42. The fourth-order valence-electron chi connectivity index (χ4n) is 2.00. The van der Waals surface area contributed by atoms with Crippen molar-refractivity contribution >= 4 is 24.3 Å². The number of nitrogens with zero attached hydrogens (tertiary/aromatic N) is 1. The van der Waals surface area contributed by atoms with E-state index in [0.717, 1.165) is 38.8 Å². The molecule has 0 aliphatic carbocycles. The minimum atomic E-state index is -0.712. The van der Waals surface area contributed by atoms with E-state index in [0.29, 0.717) is 5.92 Å². The molecule has 1 aliphatic rings. The Morgan fingerprint density at radius 1 is 1.44 bits per heavy atom. The molecule has 0 unspecified atom stereocenters. The number of piperidine rings is 1. The van der Waals surface area contributed by atoms with E-state index >= 15 is 0 Å². The van der Waals surface area contributed by atoms with Gasteiger partial charge in [-0.15, -0.1) is 12.4 Å². The first-order chi connectivity index (χ1) is 7.09. The summed E-state index contributed by atoms with van der Waals surface area (Å²) in [6.45, 7) is 1.68. The normalized spacial score (nSPS) is 16.6. The van der Waals surface area contributed by atoms with E-state index < -0.39 is 5.97 Å². The van der Waals surface area contributed by atoms with Crippen LogP contribution >= 0.6 is 12.4 Å². The van der Waals surface area contributed by atoms with Gasteiger partial charge < -0.3 is 15.7 Å². The van der Waals surface area contributed by atoms with Crippen LogP contribution in [0.3, 0.4) is 0 Å². The Bertz CT molecular complexity index is 237. The number of nitrogens with one attached hydrogen (secondary N) is 1. The number of aliphatic carboxylic acids is 1. The van der Waals surface area contributed by atoms with Gasteiger partial charge in [0, 0.05) is 19.5 Å². The van der Waals surface area contributed by atoms with Gasteiger partial charge in [-0.25, -0.2) is 0 Å². The zero-order valence-corrected chi connectivity index (χ0v) is 10.1. The highest BCUT2D eigenvalue weighted by Gasteiger charge is 2.19. The highest BCUT2D eigenvalue weighted by atomic mass is 35.5. The summed E-state index contributed by atoms with van der Waals surface area (Å²) in [6, 6.07) is 0. The van der Waals surface area contributed by atoms with Gasteiger partial charge in [0.2, 0.25) is 0 Å². The third kappa shape index (κ3) is 5.21. The molecule has 0 amide bonds. The highest BCUT2D eigenvalue weighted by molar-refractivity contribution is 5.85. The average molecular weight is 250 g/mol. The molecule has 0 radical (unpaired) electrons. The number of carboxylic acids is 1. The van der Waals surface area contributed by atoms with Gasteiger partial charge >= 0.3 is 5.97 Å². The fourth-order valence-corrected chi connectivity index (χ4v) is 2.00. The van der Waals surface area contributed by atoms with Crippen molar-refractivity contribution in [2.75, 3.05) is 13.1 Å². The summed E-state index contributed by atoms with van der Waals surface area (Å²) in [6.07, 6.45) is 4.07. The molecule has 0 bridgehead atoms. The first kappa shape index (κ1) is 15.0. The van der Waals surface area contributed by atoms with E-state index in [2.05, 4.69) is 0 Å².